The molecule has 36 heavy (non-hydrogen) atoms. The van der Waals surface area contributed by atoms with Gasteiger partial charge in [0.1, 0.15) is 5.82 Å². The van der Waals surface area contributed by atoms with Gasteiger partial charge in [-0.2, -0.15) is 0 Å². The van der Waals surface area contributed by atoms with E-state index in [1.807, 2.05) is 11.3 Å². The van der Waals surface area contributed by atoms with E-state index in [9.17, 15) is 0 Å². The Balaban J connectivity index is 1.31. The van der Waals surface area contributed by atoms with Gasteiger partial charge in [0.2, 0.25) is 7.41 Å². The third-order valence-electron chi connectivity index (χ3n) is 12.7. The number of aromatic nitrogens is 2. The average molecular weight is 616 g/mol. The fraction of sp³-hybridized carbons (Fsp3) is 0.778. The standard InChI is InChI=1S/C27H38BIN6S/c1-14-15-6-7-18-20-16-12-19-25(2,26(20,3)35(18)32-19)22(14)27(15,16)24-30-17-8-11-36-21(17)23(31-24)34(13-29)10-9-33(5)28-4/h8,11,14-16,18-20,22,28,32H,6-7,9-10,12-13H2,1-5H3/t14-,15-,16?,18?,19+,20-,22+,25-,26+,27-/m1/s1. The molecule has 2 aromatic rings. The van der Waals surface area contributed by atoms with Gasteiger partial charge in [0.05, 0.1) is 14.8 Å². The zero-order valence-corrected chi connectivity index (χ0v) is 25.1. The van der Waals surface area contributed by atoms with Gasteiger partial charge in [-0.05, 0) is 74.3 Å². The van der Waals surface area contributed by atoms with Crippen LogP contribution in [-0.2, 0) is 5.41 Å². The van der Waals surface area contributed by atoms with Crippen molar-refractivity contribution in [3.8, 4) is 0 Å². The minimum absolute atomic E-state index is 0.156. The summed E-state index contributed by atoms with van der Waals surface area (Å²) in [7, 11) is 3.30. The summed E-state index contributed by atoms with van der Waals surface area (Å²) in [5.74, 6) is 6.05. The Morgan fingerprint density at radius 2 is 2.08 bits per heavy atom. The van der Waals surface area contributed by atoms with Crippen LogP contribution in [0.1, 0.15) is 45.9 Å². The quantitative estimate of drug-likeness (QED) is 0.219. The number of likely N-dealkylation sites (N-methyl/N-ethyl adjacent to an activating group) is 1. The Kier molecular flexibility index (Phi) is 4.79. The predicted molar refractivity (Wildman–Crippen MR) is 157 cm³/mol. The summed E-state index contributed by atoms with van der Waals surface area (Å²) in [4.78, 5) is 16.1. The number of fused-ring (bicyclic) bond motifs is 2. The number of alkyl halides is 1. The Labute approximate surface area is 233 Å². The van der Waals surface area contributed by atoms with Crippen LogP contribution in [0.4, 0.5) is 5.82 Å². The number of nitrogens with zero attached hydrogens (tertiary/aromatic N) is 5. The minimum atomic E-state index is 0.156. The van der Waals surface area contributed by atoms with E-state index in [-0.39, 0.29) is 5.41 Å². The summed E-state index contributed by atoms with van der Waals surface area (Å²) in [5.41, 5.74) is 6.00. The van der Waals surface area contributed by atoms with Gasteiger partial charge in [0.15, 0.2) is 5.82 Å². The van der Waals surface area contributed by atoms with Crippen LogP contribution >= 0.6 is 33.9 Å². The van der Waals surface area contributed by atoms with Crippen molar-refractivity contribution in [1.82, 2.24) is 25.2 Å². The number of hydrazine groups is 1. The summed E-state index contributed by atoms with van der Waals surface area (Å²) in [6, 6.07) is 3.58. The topological polar surface area (TPSA) is 47.5 Å². The van der Waals surface area contributed by atoms with Crippen LogP contribution in [0.3, 0.4) is 0 Å². The summed E-state index contributed by atoms with van der Waals surface area (Å²) in [6.45, 7) is 12.2. The lowest BCUT2D eigenvalue weighted by Crippen LogP contribution is -2.87. The van der Waals surface area contributed by atoms with E-state index in [2.05, 4.69) is 88.8 Å². The second kappa shape index (κ2) is 7.37. The van der Waals surface area contributed by atoms with Crippen LogP contribution < -0.4 is 10.3 Å². The normalized spacial score (nSPS) is 47.2. The molecular formula is C27H38BIN6S. The number of hydrogen-bond acceptors (Lipinski definition) is 7. The highest BCUT2D eigenvalue weighted by atomic mass is 127. The van der Waals surface area contributed by atoms with Gasteiger partial charge in [-0.1, -0.05) is 43.3 Å². The van der Waals surface area contributed by atoms with E-state index < -0.39 is 0 Å². The van der Waals surface area contributed by atoms with Crippen molar-refractivity contribution in [1.29, 1.82) is 0 Å². The molecular weight excluding hydrogens is 578 g/mol. The highest BCUT2D eigenvalue weighted by Crippen LogP contribution is 2.85. The zero-order valence-electron chi connectivity index (χ0n) is 22.2. The molecule has 2 saturated heterocycles. The van der Waals surface area contributed by atoms with Gasteiger partial charge in [0, 0.05) is 41.5 Å². The molecule has 9 heteroatoms. The summed E-state index contributed by atoms with van der Waals surface area (Å²) in [5, 5.41) is 4.97. The molecule has 2 aromatic heterocycles. The predicted octanol–water partition coefficient (Wildman–Crippen LogP) is 4.12. The summed E-state index contributed by atoms with van der Waals surface area (Å²) < 4.78 is 2.23. The van der Waals surface area contributed by atoms with E-state index in [1.165, 1.54) is 41.1 Å². The molecule has 0 amide bonds. The number of halogens is 1. The molecule has 6 bridgehead atoms. The second-order valence-corrected chi connectivity index (χ2v) is 14.8. The highest BCUT2D eigenvalue weighted by molar-refractivity contribution is 14.1. The van der Waals surface area contributed by atoms with Crippen molar-refractivity contribution in [2.24, 2.45) is 35.0 Å². The fourth-order valence-corrected chi connectivity index (χ4v) is 12.7. The third-order valence-corrected chi connectivity index (χ3v) is 14.4. The van der Waals surface area contributed by atoms with Crippen molar-refractivity contribution < 1.29 is 0 Å². The van der Waals surface area contributed by atoms with Gasteiger partial charge < -0.3 is 9.71 Å². The fourth-order valence-electron chi connectivity index (χ4n) is 11.2. The Bertz CT molecular complexity index is 1260. The van der Waals surface area contributed by atoms with E-state index in [1.54, 1.807) is 0 Å². The van der Waals surface area contributed by atoms with Crippen molar-refractivity contribution in [2.75, 3.05) is 29.6 Å². The first-order chi connectivity index (χ1) is 17.3. The molecule has 7 aliphatic rings. The Hall–Kier alpha value is -0.485. The van der Waals surface area contributed by atoms with Gasteiger partial charge in [-0.15, -0.1) is 11.3 Å². The zero-order chi connectivity index (χ0) is 24.8. The van der Waals surface area contributed by atoms with Crippen LogP contribution in [0, 0.1) is 35.0 Å². The van der Waals surface area contributed by atoms with Crippen molar-refractivity contribution in [3.63, 3.8) is 0 Å². The maximum absolute atomic E-state index is 5.66. The van der Waals surface area contributed by atoms with Crippen LogP contribution in [0.15, 0.2) is 11.4 Å². The van der Waals surface area contributed by atoms with Crippen molar-refractivity contribution >= 4 is 57.4 Å². The molecule has 6 nitrogen and oxygen atoms in total. The average Bonchev–Trinajstić information content (AvgIpc) is 3.29. The SMILES string of the molecule is CBN(C)CCN(CI)c1nc([C@@]23C4C[C@@H]5NN6C7CC[C@@H]2[C@@H](C)[C@H]3[C@]5(C)[C@]6(C)[C@@H]74)nc2ccsc12. The lowest BCUT2D eigenvalue weighted by atomic mass is 9.24. The van der Waals surface area contributed by atoms with Crippen LogP contribution in [0.25, 0.3) is 10.2 Å². The number of anilines is 1. The van der Waals surface area contributed by atoms with E-state index in [4.69, 9.17) is 9.97 Å². The molecule has 1 N–H and O–H groups in total. The first-order valence-corrected chi connectivity index (χ1v) is 16.5. The maximum atomic E-state index is 5.66. The Morgan fingerprint density at radius 3 is 2.86 bits per heavy atom. The monoisotopic (exact) mass is 616 g/mol. The van der Waals surface area contributed by atoms with Gasteiger partial charge in [-0.25, -0.2) is 15.0 Å². The van der Waals surface area contributed by atoms with Crippen LogP contribution in [0.2, 0.25) is 6.82 Å². The highest BCUT2D eigenvalue weighted by Gasteiger charge is 2.91. The molecule has 0 spiro atoms. The molecule has 4 heterocycles. The molecule has 10 atom stereocenters. The minimum Gasteiger partial charge on any atom is -0.347 e. The van der Waals surface area contributed by atoms with Gasteiger partial charge in [-0.3, -0.25) is 5.43 Å². The van der Waals surface area contributed by atoms with Crippen LogP contribution in [-0.4, -0.2) is 69.5 Å². The lowest BCUT2D eigenvalue weighted by Gasteiger charge is -2.81. The number of thiophene rings is 1. The van der Waals surface area contributed by atoms with Crippen molar-refractivity contribution in [3.05, 3.63) is 17.3 Å². The molecule has 5 saturated carbocycles. The molecule has 5 aliphatic carbocycles. The molecule has 2 aliphatic heterocycles. The molecule has 9 rings (SSSR count). The van der Waals surface area contributed by atoms with Gasteiger partial charge >= 0.3 is 0 Å². The first-order valence-electron chi connectivity index (χ1n) is 14.1. The van der Waals surface area contributed by atoms with E-state index >= 15 is 0 Å². The van der Waals surface area contributed by atoms with E-state index in [0.717, 1.165) is 42.8 Å². The molecule has 2 unspecified atom stereocenters. The first kappa shape index (κ1) is 23.4. The lowest BCUT2D eigenvalue weighted by molar-refractivity contribution is -0.312. The molecule has 7 fully saturated rings. The molecule has 0 aromatic carbocycles. The molecule has 192 valence electrons. The largest absolute Gasteiger partial charge is 0.347 e. The maximum Gasteiger partial charge on any atom is 0.200 e. The van der Waals surface area contributed by atoms with Crippen LogP contribution in [0.5, 0.6) is 0 Å². The second-order valence-electron chi connectivity index (χ2n) is 13.2. The summed E-state index contributed by atoms with van der Waals surface area (Å²) in [6.07, 6.45) is 3.98. The molecule has 0 radical (unpaired) electrons. The smallest absolute Gasteiger partial charge is 0.200 e. The number of rotatable bonds is 7. The van der Waals surface area contributed by atoms with Gasteiger partial charge in [0.25, 0.3) is 0 Å². The number of nitrogens with one attached hydrogen (secondary N) is 1. The van der Waals surface area contributed by atoms with Crippen molar-refractivity contribution in [2.45, 2.75) is 69.9 Å². The van der Waals surface area contributed by atoms with E-state index in [0.29, 0.717) is 34.9 Å². The number of hydrogen-bond donors (Lipinski definition) is 1. The third kappa shape index (κ3) is 2.29. The Morgan fingerprint density at radius 1 is 1.25 bits per heavy atom. The summed E-state index contributed by atoms with van der Waals surface area (Å²) >= 11 is 4.35.